The summed E-state index contributed by atoms with van der Waals surface area (Å²) in [4.78, 5) is 25.4. The average molecular weight is 264 g/mol. The molecule has 0 unspecified atom stereocenters. The molecule has 0 radical (unpaired) electrons. The van der Waals surface area contributed by atoms with E-state index in [9.17, 15) is 14.7 Å². The largest absolute Gasteiger partial charge is 0.505 e. The molecule has 0 spiro atoms. The van der Waals surface area contributed by atoms with Crippen molar-refractivity contribution in [2.75, 3.05) is 19.4 Å². The SMILES string of the molecule is COC(=O)[C@H]1CCCN1C(=O)c1cccc(N)c1O. The number of hydrogen-bond donors (Lipinski definition) is 2. The fraction of sp³-hybridized carbons (Fsp3) is 0.385. The van der Waals surface area contributed by atoms with Crippen LogP contribution < -0.4 is 5.73 Å². The molecule has 102 valence electrons. The molecule has 1 aliphatic rings. The lowest BCUT2D eigenvalue weighted by molar-refractivity contribution is -0.145. The molecule has 1 aliphatic heterocycles. The lowest BCUT2D eigenvalue weighted by Crippen LogP contribution is -2.41. The molecular formula is C13H16N2O4. The van der Waals surface area contributed by atoms with Crippen LogP contribution in [0, 0.1) is 0 Å². The van der Waals surface area contributed by atoms with Crippen molar-refractivity contribution in [2.45, 2.75) is 18.9 Å². The van der Waals surface area contributed by atoms with Gasteiger partial charge in [-0.1, -0.05) is 6.07 Å². The highest BCUT2D eigenvalue weighted by Gasteiger charge is 2.36. The number of aromatic hydroxyl groups is 1. The van der Waals surface area contributed by atoms with Gasteiger partial charge in [-0.3, -0.25) is 4.79 Å². The van der Waals surface area contributed by atoms with E-state index < -0.39 is 17.9 Å². The van der Waals surface area contributed by atoms with Crippen molar-refractivity contribution in [1.29, 1.82) is 0 Å². The number of nitrogens with zero attached hydrogens (tertiary/aromatic N) is 1. The number of ether oxygens (including phenoxy) is 1. The van der Waals surface area contributed by atoms with Crippen molar-refractivity contribution < 1.29 is 19.4 Å². The van der Waals surface area contributed by atoms with Crippen LogP contribution in [0.15, 0.2) is 18.2 Å². The second kappa shape index (κ2) is 5.17. The first-order valence-corrected chi connectivity index (χ1v) is 6.02. The molecule has 2 rings (SSSR count). The highest BCUT2D eigenvalue weighted by atomic mass is 16.5. The number of carbonyl (C=O) groups is 2. The minimum absolute atomic E-state index is 0.107. The second-order valence-electron chi connectivity index (χ2n) is 4.42. The van der Waals surface area contributed by atoms with Crippen LogP contribution in [0.4, 0.5) is 5.69 Å². The Balaban J connectivity index is 2.28. The van der Waals surface area contributed by atoms with Gasteiger partial charge in [-0.25, -0.2) is 4.79 Å². The topological polar surface area (TPSA) is 92.9 Å². The van der Waals surface area contributed by atoms with Gasteiger partial charge in [0.15, 0.2) is 5.75 Å². The first kappa shape index (κ1) is 13.2. The number of phenolic OH excluding ortho intramolecular Hbond substituents is 1. The van der Waals surface area contributed by atoms with Gasteiger partial charge < -0.3 is 20.5 Å². The molecule has 6 nitrogen and oxygen atoms in total. The van der Waals surface area contributed by atoms with Gasteiger partial charge in [0.25, 0.3) is 5.91 Å². The zero-order chi connectivity index (χ0) is 14.0. The number of hydrogen-bond acceptors (Lipinski definition) is 5. The molecule has 0 saturated carbocycles. The number of carbonyl (C=O) groups excluding carboxylic acids is 2. The molecule has 1 aromatic carbocycles. The van der Waals surface area contributed by atoms with Crippen LogP contribution in [0.1, 0.15) is 23.2 Å². The number of nitrogen functional groups attached to an aromatic ring is 1. The van der Waals surface area contributed by atoms with Gasteiger partial charge >= 0.3 is 5.97 Å². The maximum absolute atomic E-state index is 12.4. The minimum atomic E-state index is -0.585. The second-order valence-corrected chi connectivity index (χ2v) is 4.42. The van der Waals surface area contributed by atoms with Gasteiger partial charge in [-0.2, -0.15) is 0 Å². The third-order valence-corrected chi connectivity index (χ3v) is 3.28. The Hall–Kier alpha value is -2.24. The third-order valence-electron chi connectivity index (χ3n) is 3.28. The van der Waals surface area contributed by atoms with Gasteiger partial charge in [0.05, 0.1) is 18.4 Å². The Bertz CT molecular complexity index is 515. The summed E-state index contributed by atoms with van der Waals surface area (Å²) in [5.74, 6) is -1.09. The van der Waals surface area contributed by atoms with Gasteiger partial charge in [-0.15, -0.1) is 0 Å². The van der Waals surface area contributed by atoms with E-state index in [0.717, 1.165) is 6.42 Å². The number of methoxy groups -OCH3 is 1. The number of anilines is 1. The Morgan fingerprint density at radius 3 is 2.89 bits per heavy atom. The molecule has 1 fully saturated rings. The smallest absolute Gasteiger partial charge is 0.328 e. The van der Waals surface area contributed by atoms with E-state index in [2.05, 4.69) is 4.74 Å². The van der Waals surface area contributed by atoms with Crippen molar-refractivity contribution in [2.24, 2.45) is 0 Å². The quantitative estimate of drug-likeness (QED) is 0.467. The number of nitrogens with two attached hydrogens (primary N) is 1. The molecule has 19 heavy (non-hydrogen) atoms. The van der Waals surface area contributed by atoms with Crippen molar-refractivity contribution in [3.05, 3.63) is 23.8 Å². The van der Waals surface area contributed by atoms with E-state index in [1.807, 2.05) is 0 Å². The van der Waals surface area contributed by atoms with Crippen LogP contribution in [0.2, 0.25) is 0 Å². The van der Waals surface area contributed by atoms with E-state index in [-0.39, 0.29) is 17.0 Å². The molecule has 6 heteroatoms. The number of benzene rings is 1. The van der Waals surface area contributed by atoms with Crippen molar-refractivity contribution in [3.63, 3.8) is 0 Å². The number of amides is 1. The van der Waals surface area contributed by atoms with Gasteiger partial charge in [0.1, 0.15) is 6.04 Å². The lowest BCUT2D eigenvalue weighted by atomic mass is 10.1. The highest BCUT2D eigenvalue weighted by Crippen LogP contribution is 2.28. The minimum Gasteiger partial charge on any atom is -0.505 e. The van der Waals surface area contributed by atoms with Crippen molar-refractivity contribution in [1.82, 2.24) is 4.90 Å². The van der Waals surface area contributed by atoms with E-state index in [4.69, 9.17) is 5.73 Å². The standard InChI is InChI=1S/C13H16N2O4/c1-19-13(18)10-6-3-7-15(10)12(17)8-4-2-5-9(14)11(8)16/h2,4-5,10,16H,3,6-7,14H2,1H3/t10-/m1/s1. The number of esters is 1. The predicted molar refractivity (Wildman–Crippen MR) is 68.6 cm³/mol. The molecule has 1 heterocycles. The summed E-state index contributed by atoms with van der Waals surface area (Å²) in [5, 5.41) is 9.82. The molecule has 3 N–H and O–H groups in total. The summed E-state index contributed by atoms with van der Waals surface area (Å²) >= 11 is 0. The molecule has 0 bridgehead atoms. The summed E-state index contributed by atoms with van der Waals surface area (Å²) in [7, 11) is 1.29. The summed E-state index contributed by atoms with van der Waals surface area (Å²) in [6.45, 7) is 0.465. The number of likely N-dealkylation sites (tertiary alicyclic amines) is 1. The third kappa shape index (κ3) is 2.33. The Kier molecular flexibility index (Phi) is 3.59. The number of rotatable bonds is 2. The van der Waals surface area contributed by atoms with Crippen LogP contribution in [-0.2, 0) is 9.53 Å². The Morgan fingerprint density at radius 1 is 1.47 bits per heavy atom. The first-order valence-electron chi connectivity index (χ1n) is 6.02. The summed E-state index contributed by atoms with van der Waals surface area (Å²) in [6.07, 6.45) is 1.30. The maximum atomic E-state index is 12.4. The van der Waals surface area contributed by atoms with E-state index >= 15 is 0 Å². The summed E-state index contributed by atoms with van der Waals surface area (Å²) in [6, 6.07) is 4.00. The molecular weight excluding hydrogens is 248 g/mol. The van der Waals surface area contributed by atoms with Gasteiger partial charge in [0.2, 0.25) is 0 Å². The van der Waals surface area contributed by atoms with Gasteiger partial charge in [-0.05, 0) is 25.0 Å². The Morgan fingerprint density at radius 2 is 2.21 bits per heavy atom. The van der Waals surface area contributed by atoms with Crippen LogP contribution in [0.3, 0.4) is 0 Å². The van der Waals surface area contributed by atoms with Crippen molar-refractivity contribution in [3.8, 4) is 5.75 Å². The highest BCUT2D eigenvalue weighted by molar-refractivity contribution is 6.00. The zero-order valence-electron chi connectivity index (χ0n) is 10.6. The average Bonchev–Trinajstić information content (AvgIpc) is 2.89. The molecule has 1 saturated heterocycles. The molecule has 0 aromatic heterocycles. The normalized spacial score (nSPS) is 18.4. The molecule has 1 atom stereocenters. The monoisotopic (exact) mass is 264 g/mol. The van der Waals surface area contributed by atoms with Crippen molar-refractivity contribution >= 4 is 17.6 Å². The van der Waals surface area contributed by atoms with Gasteiger partial charge in [0, 0.05) is 6.54 Å². The zero-order valence-corrected chi connectivity index (χ0v) is 10.6. The van der Waals surface area contributed by atoms with Crippen LogP contribution in [0.25, 0.3) is 0 Å². The first-order chi connectivity index (χ1) is 9.06. The number of para-hydroxylation sites is 1. The van der Waals surface area contributed by atoms with E-state index in [1.54, 1.807) is 6.07 Å². The fourth-order valence-corrected chi connectivity index (χ4v) is 2.28. The fourth-order valence-electron chi connectivity index (χ4n) is 2.28. The predicted octanol–water partition coefficient (Wildman–Crippen LogP) is 0.752. The molecule has 1 amide bonds. The van der Waals surface area contributed by atoms with Crippen LogP contribution >= 0.6 is 0 Å². The van der Waals surface area contributed by atoms with E-state index in [0.29, 0.717) is 13.0 Å². The lowest BCUT2D eigenvalue weighted by Gasteiger charge is -2.23. The summed E-state index contributed by atoms with van der Waals surface area (Å²) < 4.78 is 4.68. The van der Waals surface area contributed by atoms with Crippen LogP contribution in [0.5, 0.6) is 5.75 Å². The number of phenols is 1. The molecule has 1 aromatic rings. The molecule has 0 aliphatic carbocycles. The maximum Gasteiger partial charge on any atom is 0.328 e. The van der Waals surface area contributed by atoms with E-state index in [1.165, 1.54) is 24.1 Å². The summed E-state index contributed by atoms with van der Waals surface area (Å²) in [5.41, 5.74) is 5.81. The van der Waals surface area contributed by atoms with Crippen LogP contribution in [-0.4, -0.2) is 41.6 Å². The Labute approximate surface area is 110 Å².